The Morgan fingerprint density at radius 3 is 2.50 bits per heavy atom. The third-order valence-electron chi connectivity index (χ3n) is 3.91. The summed E-state index contributed by atoms with van der Waals surface area (Å²) in [4.78, 5) is 25.2. The minimum Gasteiger partial charge on any atom is -0.371 e. The maximum atomic E-state index is 11.8. The van der Waals surface area contributed by atoms with Crippen LogP contribution >= 0.6 is 24.8 Å². The van der Waals surface area contributed by atoms with Crippen molar-refractivity contribution >= 4 is 48.0 Å². The number of anilines is 2. The molecule has 1 aliphatic rings. The van der Waals surface area contributed by atoms with Gasteiger partial charge in [-0.05, 0) is 37.0 Å². The van der Waals surface area contributed by atoms with E-state index in [0.717, 1.165) is 30.4 Å². The summed E-state index contributed by atoms with van der Waals surface area (Å²) in [5.74, 6) is 0.183. The molecule has 0 radical (unpaired) electrons. The van der Waals surface area contributed by atoms with Gasteiger partial charge in [0.2, 0.25) is 11.8 Å². The van der Waals surface area contributed by atoms with Crippen LogP contribution in [0.15, 0.2) is 24.3 Å². The van der Waals surface area contributed by atoms with Crippen LogP contribution in [-0.4, -0.2) is 38.0 Å². The Bertz CT molecular complexity index is 535. The van der Waals surface area contributed by atoms with Crippen LogP contribution in [0.3, 0.4) is 0 Å². The summed E-state index contributed by atoms with van der Waals surface area (Å²) in [7, 11) is 0. The number of nitrogens with two attached hydrogens (primary N) is 1. The van der Waals surface area contributed by atoms with E-state index < -0.39 is 0 Å². The fourth-order valence-corrected chi connectivity index (χ4v) is 2.50. The van der Waals surface area contributed by atoms with Crippen LogP contribution in [0, 0.1) is 5.92 Å². The zero-order valence-electron chi connectivity index (χ0n) is 13.8. The predicted molar refractivity (Wildman–Crippen MR) is 102 cm³/mol. The fourth-order valence-electron chi connectivity index (χ4n) is 2.50. The van der Waals surface area contributed by atoms with Crippen molar-refractivity contribution in [1.29, 1.82) is 0 Å². The lowest BCUT2D eigenvalue weighted by molar-refractivity contribution is -0.123. The molecule has 0 unspecified atom stereocenters. The van der Waals surface area contributed by atoms with Crippen molar-refractivity contribution in [2.24, 2.45) is 11.7 Å². The SMILES string of the molecule is CC1CCN(c2cccc(NC(=O)CNC(=O)CN)c2)CC1.Cl.Cl. The first-order valence-electron chi connectivity index (χ1n) is 7.70. The predicted octanol–water partition coefficient (Wildman–Crippen LogP) is 1.78. The average molecular weight is 377 g/mol. The van der Waals surface area contributed by atoms with Crippen molar-refractivity contribution in [2.75, 3.05) is 36.4 Å². The molecule has 0 atom stereocenters. The van der Waals surface area contributed by atoms with E-state index in [0.29, 0.717) is 0 Å². The highest BCUT2D eigenvalue weighted by Crippen LogP contribution is 2.25. The van der Waals surface area contributed by atoms with Crippen LogP contribution in [0.1, 0.15) is 19.8 Å². The van der Waals surface area contributed by atoms with Crippen molar-refractivity contribution in [1.82, 2.24) is 5.32 Å². The zero-order valence-corrected chi connectivity index (χ0v) is 15.4. The van der Waals surface area contributed by atoms with E-state index in [1.54, 1.807) is 0 Å². The molecular weight excluding hydrogens is 351 g/mol. The van der Waals surface area contributed by atoms with Crippen molar-refractivity contribution in [2.45, 2.75) is 19.8 Å². The standard InChI is InChI=1S/C16H24N4O2.2ClH/c1-12-5-7-20(8-6-12)14-4-2-3-13(9-14)19-16(22)11-18-15(21)10-17;;/h2-4,9,12H,5-8,10-11,17H2,1H3,(H,18,21)(H,19,22);2*1H. The van der Waals surface area contributed by atoms with Crippen LogP contribution in [-0.2, 0) is 9.59 Å². The smallest absolute Gasteiger partial charge is 0.243 e. The Kier molecular flexibility index (Phi) is 10.4. The Morgan fingerprint density at radius 1 is 1.21 bits per heavy atom. The molecule has 8 heteroatoms. The first-order chi connectivity index (χ1) is 10.6. The van der Waals surface area contributed by atoms with E-state index in [1.165, 1.54) is 12.8 Å². The van der Waals surface area contributed by atoms with Gasteiger partial charge in [-0.2, -0.15) is 0 Å². The third kappa shape index (κ3) is 6.95. The van der Waals surface area contributed by atoms with E-state index >= 15 is 0 Å². The summed E-state index contributed by atoms with van der Waals surface area (Å²) < 4.78 is 0. The highest BCUT2D eigenvalue weighted by atomic mass is 35.5. The van der Waals surface area contributed by atoms with Gasteiger partial charge in [-0.25, -0.2) is 0 Å². The number of carbonyl (C=O) groups excluding carboxylic acids is 2. The summed E-state index contributed by atoms with van der Waals surface area (Å²) in [6.07, 6.45) is 2.39. The highest BCUT2D eigenvalue weighted by Gasteiger charge is 2.16. The molecule has 0 aliphatic carbocycles. The molecule has 1 fully saturated rings. The van der Waals surface area contributed by atoms with Gasteiger partial charge in [0.05, 0.1) is 13.1 Å². The van der Waals surface area contributed by atoms with Gasteiger partial charge < -0.3 is 21.3 Å². The minimum absolute atomic E-state index is 0. The molecule has 6 nitrogen and oxygen atoms in total. The summed E-state index contributed by atoms with van der Waals surface area (Å²) in [5.41, 5.74) is 7.03. The second-order valence-corrected chi connectivity index (χ2v) is 5.75. The van der Waals surface area contributed by atoms with Gasteiger partial charge in [0.25, 0.3) is 0 Å². The van der Waals surface area contributed by atoms with Crippen molar-refractivity contribution < 1.29 is 9.59 Å². The number of benzene rings is 1. The van der Waals surface area contributed by atoms with Gasteiger partial charge in [0.1, 0.15) is 0 Å². The van der Waals surface area contributed by atoms with Gasteiger partial charge in [-0.1, -0.05) is 13.0 Å². The number of rotatable bonds is 5. The van der Waals surface area contributed by atoms with E-state index in [1.807, 2.05) is 18.2 Å². The van der Waals surface area contributed by atoms with Gasteiger partial charge >= 0.3 is 0 Å². The lowest BCUT2D eigenvalue weighted by atomic mass is 9.99. The summed E-state index contributed by atoms with van der Waals surface area (Å²) in [6.45, 7) is 4.19. The molecule has 1 heterocycles. The fraction of sp³-hybridized carbons (Fsp3) is 0.500. The van der Waals surface area contributed by atoms with Crippen LogP contribution in [0.25, 0.3) is 0 Å². The van der Waals surface area contributed by atoms with Crippen molar-refractivity contribution in [3.05, 3.63) is 24.3 Å². The minimum atomic E-state index is -0.341. The first kappa shape index (κ1) is 22.5. The Balaban J connectivity index is 0.00000264. The quantitative estimate of drug-likeness (QED) is 0.730. The van der Waals surface area contributed by atoms with E-state index in [-0.39, 0.29) is 49.7 Å². The van der Waals surface area contributed by atoms with Gasteiger partial charge in [-0.15, -0.1) is 24.8 Å². The molecule has 136 valence electrons. The third-order valence-corrected chi connectivity index (χ3v) is 3.91. The Hall–Kier alpha value is -1.50. The molecule has 1 aromatic carbocycles. The molecule has 1 aliphatic heterocycles. The molecule has 4 N–H and O–H groups in total. The van der Waals surface area contributed by atoms with Gasteiger partial charge in [0, 0.05) is 24.5 Å². The highest BCUT2D eigenvalue weighted by molar-refractivity contribution is 5.95. The molecule has 0 spiro atoms. The first-order valence-corrected chi connectivity index (χ1v) is 7.70. The Labute approximate surface area is 155 Å². The summed E-state index contributed by atoms with van der Waals surface area (Å²) in [5, 5.41) is 5.24. The molecule has 0 bridgehead atoms. The van der Waals surface area contributed by atoms with Crippen LogP contribution in [0.2, 0.25) is 0 Å². The number of nitrogens with one attached hydrogen (secondary N) is 2. The van der Waals surface area contributed by atoms with E-state index in [9.17, 15) is 9.59 Å². The van der Waals surface area contributed by atoms with Crippen LogP contribution in [0.5, 0.6) is 0 Å². The van der Waals surface area contributed by atoms with Crippen LogP contribution in [0.4, 0.5) is 11.4 Å². The van der Waals surface area contributed by atoms with Crippen molar-refractivity contribution in [3.8, 4) is 0 Å². The molecule has 24 heavy (non-hydrogen) atoms. The number of nitrogens with zero attached hydrogens (tertiary/aromatic N) is 1. The molecular formula is C16H26Cl2N4O2. The largest absolute Gasteiger partial charge is 0.371 e. The molecule has 1 saturated heterocycles. The van der Waals surface area contributed by atoms with E-state index in [4.69, 9.17) is 5.73 Å². The maximum Gasteiger partial charge on any atom is 0.243 e. The van der Waals surface area contributed by atoms with Gasteiger partial charge in [-0.3, -0.25) is 9.59 Å². The Morgan fingerprint density at radius 2 is 1.88 bits per heavy atom. The second kappa shape index (κ2) is 11.1. The summed E-state index contributed by atoms with van der Waals surface area (Å²) in [6, 6.07) is 7.81. The summed E-state index contributed by atoms with van der Waals surface area (Å²) >= 11 is 0. The maximum absolute atomic E-state index is 11.8. The normalized spacial score (nSPS) is 14.2. The topological polar surface area (TPSA) is 87.5 Å². The molecule has 0 saturated carbocycles. The number of piperidine rings is 1. The number of halogens is 2. The lowest BCUT2D eigenvalue weighted by Gasteiger charge is -2.32. The van der Waals surface area contributed by atoms with E-state index in [2.05, 4.69) is 28.5 Å². The number of amides is 2. The molecule has 1 aromatic rings. The second-order valence-electron chi connectivity index (χ2n) is 5.75. The van der Waals surface area contributed by atoms with Gasteiger partial charge in [0.15, 0.2) is 0 Å². The van der Waals surface area contributed by atoms with Crippen LogP contribution < -0.4 is 21.3 Å². The van der Waals surface area contributed by atoms with Crippen molar-refractivity contribution in [3.63, 3.8) is 0 Å². The number of hydrogen-bond acceptors (Lipinski definition) is 4. The number of hydrogen-bond donors (Lipinski definition) is 3. The molecule has 2 amide bonds. The molecule has 0 aromatic heterocycles. The lowest BCUT2D eigenvalue weighted by Crippen LogP contribution is -2.36. The monoisotopic (exact) mass is 376 g/mol. The number of carbonyl (C=O) groups is 2. The average Bonchev–Trinajstić information content (AvgIpc) is 2.53. The molecule has 2 rings (SSSR count). The zero-order chi connectivity index (χ0) is 15.9.